The Balaban J connectivity index is 2.14. The minimum Gasteiger partial charge on any atom is -0.356 e. The summed E-state index contributed by atoms with van der Waals surface area (Å²) in [4.78, 5) is 5.39. The van der Waals surface area contributed by atoms with Gasteiger partial charge in [0.25, 0.3) is 0 Å². The Bertz CT molecular complexity index is 488. The minimum atomic E-state index is 0.642. The smallest absolute Gasteiger partial charge is 0.101 e. The van der Waals surface area contributed by atoms with Crippen molar-refractivity contribution in [1.29, 1.82) is 0 Å². The Morgan fingerprint density at radius 3 is 0.921 bits per heavy atom. The highest BCUT2D eigenvalue weighted by molar-refractivity contribution is 4.97. The molecule has 0 spiro atoms. The lowest BCUT2D eigenvalue weighted by molar-refractivity contribution is 0.135. The molecule has 0 aromatic heterocycles. The van der Waals surface area contributed by atoms with Crippen LogP contribution in [0.5, 0.6) is 0 Å². The third kappa shape index (κ3) is 20.3. The second-order valence-corrected chi connectivity index (χ2v) is 12.5. The summed E-state index contributed by atoms with van der Waals surface area (Å²) in [6.45, 7) is 9.47. The van der Waals surface area contributed by atoms with Crippen molar-refractivity contribution in [1.82, 2.24) is 9.80 Å². The molecule has 1 unspecified atom stereocenters. The number of rotatable bonds is 30. The molecule has 0 aromatic carbocycles. The first-order valence-corrected chi connectivity index (χ1v) is 18.0. The monoisotopic (exact) mass is 533 g/mol. The van der Waals surface area contributed by atoms with Crippen molar-refractivity contribution in [3.8, 4) is 0 Å². The van der Waals surface area contributed by atoms with Gasteiger partial charge in [0.2, 0.25) is 0 Å². The summed E-state index contributed by atoms with van der Waals surface area (Å²) in [5.74, 6) is 0. The SMILES string of the molecule is CCCCCCCCCCCCCCCCCC1N(CCCCCCC)C=CN1CCCCCCCCC. The number of nitrogens with zero attached hydrogens (tertiary/aromatic N) is 2. The van der Waals surface area contributed by atoms with Crippen LogP contribution < -0.4 is 0 Å². The molecule has 1 aliphatic heterocycles. The van der Waals surface area contributed by atoms with Gasteiger partial charge in [-0.1, -0.05) is 175 Å². The first-order valence-electron chi connectivity index (χ1n) is 18.0. The van der Waals surface area contributed by atoms with Crippen LogP contribution in [0.2, 0.25) is 0 Å². The van der Waals surface area contributed by atoms with Crippen molar-refractivity contribution in [2.75, 3.05) is 13.1 Å². The summed E-state index contributed by atoms with van der Waals surface area (Å²) in [6, 6.07) is 0. The molecule has 0 saturated heterocycles. The van der Waals surface area contributed by atoms with Crippen LogP contribution in [0, 0.1) is 0 Å². The van der Waals surface area contributed by atoms with Crippen LogP contribution in [-0.2, 0) is 0 Å². The molecular formula is C36H72N2. The molecule has 0 aromatic rings. The highest BCUT2D eigenvalue weighted by Crippen LogP contribution is 2.24. The quantitative estimate of drug-likeness (QED) is 0.0848. The van der Waals surface area contributed by atoms with E-state index in [1.807, 2.05) is 0 Å². The molecule has 0 bridgehead atoms. The van der Waals surface area contributed by atoms with E-state index < -0.39 is 0 Å². The largest absolute Gasteiger partial charge is 0.356 e. The van der Waals surface area contributed by atoms with Crippen LogP contribution in [0.15, 0.2) is 12.4 Å². The van der Waals surface area contributed by atoms with Crippen molar-refractivity contribution < 1.29 is 0 Å². The zero-order valence-electron chi connectivity index (χ0n) is 26.8. The fraction of sp³-hybridized carbons (Fsp3) is 0.944. The lowest BCUT2D eigenvalue weighted by Gasteiger charge is -2.33. The molecule has 0 amide bonds. The van der Waals surface area contributed by atoms with Crippen molar-refractivity contribution in [3.05, 3.63) is 12.4 Å². The van der Waals surface area contributed by atoms with Crippen LogP contribution >= 0.6 is 0 Å². The molecule has 0 saturated carbocycles. The van der Waals surface area contributed by atoms with Gasteiger partial charge in [-0.05, 0) is 25.7 Å². The van der Waals surface area contributed by atoms with Gasteiger partial charge < -0.3 is 9.80 Å². The molecule has 2 heteroatoms. The molecule has 1 aliphatic rings. The summed E-state index contributed by atoms with van der Waals surface area (Å²) in [5, 5.41) is 0. The van der Waals surface area contributed by atoms with Crippen LogP contribution in [0.25, 0.3) is 0 Å². The van der Waals surface area contributed by atoms with E-state index in [0.29, 0.717) is 6.17 Å². The number of hydrogen-bond donors (Lipinski definition) is 0. The lowest BCUT2D eigenvalue weighted by atomic mass is 10.0. The third-order valence-electron chi connectivity index (χ3n) is 8.82. The van der Waals surface area contributed by atoms with Crippen LogP contribution in [0.1, 0.15) is 201 Å². The Kier molecular flexibility index (Phi) is 26.0. The van der Waals surface area contributed by atoms with E-state index >= 15 is 0 Å². The molecule has 1 rings (SSSR count). The van der Waals surface area contributed by atoms with Gasteiger partial charge in [0.1, 0.15) is 6.17 Å². The number of unbranched alkanes of at least 4 members (excludes halogenated alkanes) is 24. The first-order chi connectivity index (χ1) is 18.8. The molecule has 2 nitrogen and oxygen atoms in total. The first kappa shape index (κ1) is 35.4. The second-order valence-electron chi connectivity index (χ2n) is 12.5. The van der Waals surface area contributed by atoms with Crippen molar-refractivity contribution in [3.63, 3.8) is 0 Å². The van der Waals surface area contributed by atoms with E-state index in [4.69, 9.17) is 0 Å². The zero-order chi connectivity index (χ0) is 27.4. The molecule has 0 radical (unpaired) electrons. The summed E-state index contributed by atoms with van der Waals surface area (Å²) < 4.78 is 0. The van der Waals surface area contributed by atoms with Gasteiger partial charge in [-0.3, -0.25) is 0 Å². The van der Waals surface area contributed by atoms with Crippen LogP contribution in [-0.4, -0.2) is 29.1 Å². The fourth-order valence-electron chi connectivity index (χ4n) is 6.19. The molecule has 38 heavy (non-hydrogen) atoms. The summed E-state index contributed by atoms with van der Waals surface area (Å²) in [6.07, 6.45) is 45.5. The van der Waals surface area contributed by atoms with E-state index in [2.05, 4.69) is 43.0 Å². The van der Waals surface area contributed by atoms with E-state index in [9.17, 15) is 0 Å². The van der Waals surface area contributed by atoms with Gasteiger partial charge in [0, 0.05) is 25.5 Å². The van der Waals surface area contributed by atoms with Gasteiger partial charge in [-0.25, -0.2) is 0 Å². The third-order valence-corrected chi connectivity index (χ3v) is 8.82. The highest BCUT2D eigenvalue weighted by atomic mass is 15.4. The maximum atomic E-state index is 2.70. The van der Waals surface area contributed by atoms with Gasteiger partial charge in [0.05, 0.1) is 0 Å². The minimum absolute atomic E-state index is 0.642. The molecule has 226 valence electrons. The van der Waals surface area contributed by atoms with Crippen LogP contribution in [0.4, 0.5) is 0 Å². The lowest BCUT2D eigenvalue weighted by Crippen LogP contribution is -2.39. The van der Waals surface area contributed by atoms with Crippen molar-refractivity contribution >= 4 is 0 Å². The van der Waals surface area contributed by atoms with Crippen LogP contribution in [0.3, 0.4) is 0 Å². The van der Waals surface area contributed by atoms with Crippen molar-refractivity contribution in [2.24, 2.45) is 0 Å². The predicted octanol–water partition coefficient (Wildman–Crippen LogP) is 12.4. The van der Waals surface area contributed by atoms with Gasteiger partial charge in [-0.2, -0.15) is 0 Å². The normalized spacial score (nSPS) is 15.3. The average Bonchev–Trinajstić information content (AvgIpc) is 3.31. The molecular weight excluding hydrogens is 460 g/mol. The second kappa shape index (κ2) is 27.9. The summed E-state index contributed by atoms with van der Waals surface area (Å²) in [7, 11) is 0. The predicted molar refractivity (Wildman–Crippen MR) is 173 cm³/mol. The Morgan fingerprint density at radius 1 is 0.342 bits per heavy atom. The van der Waals surface area contributed by atoms with E-state index in [0.717, 1.165) is 0 Å². The molecule has 0 aliphatic carbocycles. The molecule has 1 atom stereocenters. The average molecular weight is 533 g/mol. The molecule has 0 N–H and O–H groups in total. The Hall–Kier alpha value is -0.660. The summed E-state index contributed by atoms with van der Waals surface area (Å²) >= 11 is 0. The fourth-order valence-corrected chi connectivity index (χ4v) is 6.19. The highest BCUT2D eigenvalue weighted by Gasteiger charge is 2.24. The molecule has 0 fully saturated rings. The Labute approximate surface area is 241 Å². The topological polar surface area (TPSA) is 6.48 Å². The van der Waals surface area contributed by atoms with Crippen molar-refractivity contribution in [2.45, 2.75) is 207 Å². The zero-order valence-corrected chi connectivity index (χ0v) is 26.8. The van der Waals surface area contributed by atoms with E-state index in [1.165, 1.54) is 193 Å². The summed E-state index contributed by atoms with van der Waals surface area (Å²) in [5.41, 5.74) is 0. The maximum Gasteiger partial charge on any atom is 0.101 e. The number of hydrogen-bond acceptors (Lipinski definition) is 2. The van der Waals surface area contributed by atoms with E-state index in [-0.39, 0.29) is 0 Å². The molecule has 1 heterocycles. The van der Waals surface area contributed by atoms with E-state index in [1.54, 1.807) is 0 Å². The maximum absolute atomic E-state index is 2.70. The van der Waals surface area contributed by atoms with Gasteiger partial charge >= 0.3 is 0 Å². The Morgan fingerprint density at radius 2 is 0.605 bits per heavy atom. The van der Waals surface area contributed by atoms with Gasteiger partial charge in [-0.15, -0.1) is 0 Å². The standard InChI is InChI=1S/C36H72N2/c1-4-7-10-13-15-16-17-18-19-20-21-22-23-25-28-31-36-37(32-29-26-12-9-6-3)34-35-38(36)33-30-27-24-14-11-8-5-2/h34-36H,4-33H2,1-3H3. The van der Waals surface area contributed by atoms with Gasteiger partial charge in [0.15, 0.2) is 0 Å².